The van der Waals surface area contributed by atoms with E-state index in [1.165, 1.54) is 43.4 Å². The second kappa shape index (κ2) is 5.68. The maximum absolute atomic E-state index is 5.00. The zero-order valence-corrected chi connectivity index (χ0v) is 13.9. The topological polar surface area (TPSA) is 37.8 Å². The van der Waals surface area contributed by atoms with Gasteiger partial charge in [0.25, 0.3) is 0 Å². The monoisotopic (exact) mass is 287 g/mol. The smallest absolute Gasteiger partial charge is 0.131 e. The Hall–Kier alpha value is -0.960. The summed E-state index contributed by atoms with van der Waals surface area (Å²) in [6, 6.07) is 0.407. The molecule has 0 saturated heterocycles. The van der Waals surface area contributed by atoms with Gasteiger partial charge in [-0.15, -0.1) is 0 Å². The summed E-state index contributed by atoms with van der Waals surface area (Å²) in [5.41, 5.74) is 2.94. The molecule has 0 radical (unpaired) electrons. The number of nitrogens with one attached hydrogen (secondary N) is 1. The van der Waals surface area contributed by atoms with Gasteiger partial charge in [0, 0.05) is 29.4 Å². The second-order valence-corrected chi connectivity index (χ2v) is 7.97. The van der Waals surface area contributed by atoms with Crippen molar-refractivity contribution in [3.05, 3.63) is 23.3 Å². The van der Waals surface area contributed by atoms with Gasteiger partial charge >= 0.3 is 0 Å². The molecule has 1 N–H and O–H groups in total. The molecule has 3 nitrogen and oxygen atoms in total. The number of rotatable bonds is 2. The number of hydrogen-bond acceptors (Lipinski definition) is 3. The van der Waals surface area contributed by atoms with E-state index in [-0.39, 0.29) is 0 Å². The largest absolute Gasteiger partial charge is 0.313 e. The molecule has 0 spiro atoms. The summed E-state index contributed by atoms with van der Waals surface area (Å²) < 4.78 is 0. The van der Waals surface area contributed by atoms with Crippen LogP contribution in [0.1, 0.15) is 81.9 Å². The van der Waals surface area contributed by atoms with Crippen LogP contribution in [0, 0.1) is 11.3 Å². The summed E-state index contributed by atoms with van der Waals surface area (Å²) in [4.78, 5) is 9.74. The fraction of sp³-hybridized carbons (Fsp3) is 0.778. The van der Waals surface area contributed by atoms with Crippen molar-refractivity contribution in [3.8, 4) is 0 Å². The SMILES string of the molecule is CNC1CC(C)(C)Cc2nc(C3CCC(C)CC3)ncc21. The molecule has 21 heavy (non-hydrogen) atoms. The Balaban J connectivity index is 1.87. The van der Waals surface area contributed by atoms with Crippen molar-refractivity contribution in [3.63, 3.8) is 0 Å². The van der Waals surface area contributed by atoms with Crippen LogP contribution in [-0.2, 0) is 6.42 Å². The highest BCUT2D eigenvalue weighted by molar-refractivity contribution is 5.27. The van der Waals surface area contributed by atoms with Gasteiger partial charge in [0.2, 0.25) is 0 Å². The van der Waals surface area contributed by atoms with Crippen molar-refractivity contribution in [2.75, 3.05) is 7.05 Å². The lowest BCUT2D eigenvalue weighted by molar-refractivity contribution is 0.258. The quantitative estimate of drug-likeness (QED) is 0.893. The molecule has 0 aliphatic heterocycles. The summed E-state index contributed by atoms with van der Waals surface area (Å²) in [5, 5.41) is 3.44. The van der Waals surface area contributed by atoms with Gasteiger partial charge in [-0.05, 0) is 44.1 Å². The minimum Gasteiger partial charge on any atom is -0.313 e. The van der Waals surface area contributed by atoms with Gasteiger partial charge in [0.15, 0.2) is 0 Å². The van der Waals surface area contributed by atoms with E-state index in [0.717, 1.165) is 18.2 Å². The first-order valence-electron chi connectivity index (χ1n) is 8.51. The van der Waals surface area contributed by atoms with E-state index in [0.29, 0.717) is 17.4 Å². The van der Waals surface area contributed by atoms with Crippen molar-refractivity contribution in [2.24, 2.45) is 11.3 Å². The van der Waals surface area contributed by atoms with Gasteiger partial charge in [-0.1, -0.05) is 33.6 Å². The van der Waals surface area contributed by atoms with Crippen LogP contribution in [0.3, 0.4) is 0 Å². The van der Waals surface area contributed by atoms with Crippen LogP contribution in [0.4, 0.5) is 0 Å². The lowest BCUT2D eigenvalue weighted by Gasteiger charge is -2.36. The third-order valence-corrected chi connectivity index (χ3v) is 5.43. The average Bonchev–Trinajstić information content (AvgIpc) is 2.45. The van der Waals surface area contributed by atoms with Gasteiger partial charge in [0.1, 0.15) is 5.82 Å². The predicted molar refractivity (Wildman–Crippen MR) is 86.3 cm³/mol. The van der Waals surface area contributed by atoms with Crippen molar-refractivity contribution in [1.29, 1.82) is 0 Å². The lowest BCUT2D eigenvalue weighted by Crippen LogP contribution is -2.33. The van der Waals surface area contributed by atoms with Gasteiger partial charge in [-0.25, -0.2) is 9.97 Å². The normalized spacial score (nSPS) is 31.7. The van der Waals surface area contributed by atoms with E-state index < -0.39 is 0 Å². The molecular weight excluding hydrogens is 258 g/mol. The molecule has 1 saturated carbocycles. The number of aromatic nitrogens is 2. The van der Waals surface area contributed by atoms with Crippen molar-refractivity contribution < 1.29 is 0 Å². The molecule has 116 valence electrons. The zero-order chi connectivity index (χ0) is 15.0. The van der Waals surface area contributed by atoms with Crippen LogP contribution in [0.15, 0.2) is 6.20 Å². The van der Waals surface area contributed by atoms with E-state index in [4.69, 9.17) is 9.97 Å². The summed E-state index contributed by atoms with van der Waals surface area (Å²) in [6.07, 6.45) is 9.54. The van der Waals surface area contributed by atoms with E-state index in [2.05, 4.69) is 32.3 Å². The van der Waals surface area contributed by atoms with Crippen LogP contribution < -0.4 is 5.32 Å². The zero-order valence-electron chi connectivity index (χ0n) is 13.9. The lowest BCUT2D eigenvalue weighted by atomic mass is 9.74. The molecule has 1 atom stereocenters. The first-order valence-corrected chi connectivity index (χ1v) is 8.51. The van der Waals surface area contributed by atoms with Crippen LogP contribution in [0.5, 0.6) is 0 Å². The molecule has 1 unspecified atom stereocenters. The third kappa shape index (κ3) is 3.13. The van der Waals surface area contributed by atoms with Gasteiger partial charge < -0.3 is 5.32 Å². The predicted octanol–water partition coefficient (Wildman–Crippen LogP) is 4.00. The Kier molecular flexibility index (Phi) is 4.04. The van der Waals surface area contributed by atoms with Crippen molar-refractivity contribution in [2.45, 2.75) is 71.3 Å². The number of hydrogen-bond donors (Lipinski definition) is 1. The summed E-state index contributed by atoms with van der Waals surface area (Å²) in [7, 11) is 2.05. The maximum Gasteiger partial charge on any atom is 0.131 e. The highest BCUT2D eigenvalue weighted by Crippen LogP contribution is 2.41. The average molecular weight is 287 g/mol. The molecule has 0 amide bonds. The molecule has 1 aromatic rings. The van der Waals surface area contributed by atoms with Crippen molar-refractivity contribution >= 4 is 0 Å². The maximum atomic E-state index is 5.00. The molecular formula is C18H29N3. The highest BCUT2D eigenvalue weighted by atomic mass is 14.9. The second-order valence-electron chi connectivity index (χ2n) is 7.97. The fourth-order valence-corrected chi connectivity index (χ4v) is 4.04. The van der Waals surface area contributed by atoms with Crippen molar-refractivity contribution in [1.82, 2.24) is 15.3 Å². The molecule has 1 heterocycles. The Morgan fingerprint density at radius 2 is 1.90 bits per heavy atom. The van der Waals surface area contributed by atoms with Crippen LogP contribution in [-0.4, -0.2) is 17.0 Å². The van der Waals surface area contributed by atoms with E-state index in [1.54, 1.807) is 0 Å². The molecule has 1 fully saturated rings. The summed E-state index contributed by atoms with van der Waals surface area (Å²) in [5.74, 6) is 2.57. The minimum absolute atomic E-state index is 0.327. The first-order chi connectivity index (χ1) is 9.98. The standard InChI is InChI=1S/C18H29N3/c1-12-5-7-13(8-6-12)17-20-11-14-15(19-4)9-18(2,3)10-16(14)21-17/h11-13,15,19H,5-10H2,1-4H3. The Bertz CT molecular complexity index is 501. The number of nitrogens with zero attached hydrogens (tertiary/aromatic N) is 2. The Labute approximate surface area is 129 Å². The molecule has 2 aliphatic rings. The van der Waals surface area contributed by atoms with Crippen LogP contribution >= 0.6 is 0 Å². The number of fused-ring (bicyclic) bond motifs is 1. The van der Waals surface area contributed by atoms with E-state index in [9.17, 15) is 0 Å². The van der Waals surface area contributed by atoms with Crippen LogP contribution in [0.2, 0.25) is 0 Å². The molecule has 3 rings (SSSR count). The summed E-state index contributed by atoms with van der Waals surface area (Å²) >= 11 is 0. The molecule has 2 aliphatic carbocycles. The highest BCUT2D eigenvalue weighted by Gasteiger charge is 2.33. The fourth-order valence-electron chi connectivity index (χ4n) is 4.04. The van der Waals surface area contributed by atoms with Gasteiger partial charge in [-0.2, -0.15) is 0 Å². The van der Waals surface area contributed by atoms with Gasteiger partial charge in [-0.3, -0.25) is 0 Å². The van der Waals surface area contributed by atoms with Crippen LogP contribution in [0.25, 0.3) is 0 Å². The van der Waals surface area contributed by atoms with E-state index in [1.807, 2.05) is 7.05 Å². The molecule has 0 bridgehead atoms. The Morgan fingerprint density at radius 3 is 2.57 bits per heavy atom. The minimum atomic E-state index is 0.327. The van der Waals surface area contributed by atoms with Gasteiger partial charge in [0.05, 0.1) is 0 Å². The summed E-state index contributed by atoms with van der Waals surface area (Å²) in [6.45, 7) is 7.07. The third-order valence-electron chi connectivity index (χ3n) is 5.43. The molecule has 3 heteroatoms. The Morgan fingerprint density at radius 1 is 1.19 bits per heavy atom. The molecule has 0 aromatic carbocycles. The molecule has 1 aromatic heterocycles. The first kappa shape index (κ1) is 15.0. The van der Waals surface area contributed by atoms with E-state index >= 15 is 0 Å².